The highest BCUT2D eigenvalue weighted by Gasteiger charge is 2.27. The highest BCUT2D eigenvalue weighted by Crippen LogP contribution is 2.24. The fourth-order valence-corrected chi connectivity index (χ4v) is 1.55. The Balaban J connectivity index is 0.00000441. The molecule has 1 amide bonds. The first-order chi connectivity index (χ1) is 9.64. The minimum Gasteiger partial charge on any atom is -0.484 e. The number of benzene rings is 1. The summed E-state index contributed by atoms with van der Waals surface area (Å²) >= 11 is 0. The van der Waals surface area contributed by atoms with E-state index < -0.39 is 24.9 Å². The van der Waals surface area contributed by atoms with Crippen LogP contribution in [0.3, 0.4) is 0 Å². The predicted molar refractivity (Wildman–Crippen MR) is 84.9 cm³/mol. The van der Waals surface area contributed by atoms with E-state index in [1.165, 1.54) is 0 Å². The maximum Gasteiger partial charge on any atom is 0.277 e. The van der Waals surface area contributed by atoms with Crippen LogP contribution in [-0.4, -0.2) is 31.5 Å². The summed E-state index contributed by atoms with van der Waals surface area (Å²) in [4.78, 5) is 11.4. The van der Waals surface area contributed by atoms with Gasteiger partial charge in [0.25, 0.3) is 11.8 Å². The van der Waals surface area contributed by atoms with Crippen molar-refractivity contribution in [2.24, 2.45) is 5.73 Å². The van der Waals surface area contributed by atoms with E-state index >= 15 is 0 Å². The van der Waals surface area contributed by atoms with Gasteiger partial charge in [0, 0.05) is 0 Å². The highest BCUT2D eigenvalue weighted by atomic mass is 35.5. The zero-order valence-electron chi connectivity index (χ0n) is 13.0. The summed E-state index contributed by atoms with van der Waals surface area (Å²) in [6.07, 6.45) is 0. The van der Waals surface area contributed by atoms with Gasteiger partial charge in [0.15, 0.2) is 6.61 Å². The molecule has 0 saturated heterocycles. The first-order valence-electron chi connectivity index (χ1n) is 6.72. The number of nitrogens with one attached hydrogen (secondary N) is 1. The molecule has 0 radical (unpaired) electrons. The average Bonchev–Trinajstić information content (AvgIpc) is 2.42. The maximum atomic E-state index is 12.9. The van der Waals surface area contributed by atoms with Gasteiger partial charge in [-0.2, -0.15) is 0 Å². The molecule has 0 bridgehead atoms. The van der Waals surface area contributed by atoms with Crippen molar-refractivity contribution in [2.75, 3.05) is 19.7 Å². The molecule has 0 unspecified atom stereocenters. The van der Waals surface area contributed by atoms with Crippen LogP contribution in [-0.2, 0) is 10.2 Å². The average molecular weight is 337 g/mol. The quantitative estimate of drug-likeness (QED) is 0.839. The molecule has 22 heavy (non-hydrogen) atoms. The zero-order valence-corrected chi connectivity index (χ0v) is 13.8. The van der Waals surface area contributed by atoms with E-state index in [1.807, 2.05) is 12.1 Å². The van der Waals surface area contributed by atoms with Gasteiger partial charge in [0.2, 0.25) is 0 Å². The summed E-state index contributed by atoms with van der Waals surface area (Å²) < 4.78 is 31.0. The lowest BCUT2D eigenvalue weighted by Gasteiger charge is -2.19. The van der Waals surface area contributed by atoms with E-state index in [0.29, 0.717) is 5.75 Å². The lowest BCUT2D eigenvalue weighted by molar-refractivity contribution is -0.124. The van der Waals surface area contributed by atoms with Crippen LogP contribution in [0.1, 0.15) is 26.3 Å². The van der Waals surface area contributed by atoms with Gasteiger partial charge in [0.1, 0.15) is 5.75 Å². The van der Waals surface area contributed by atoms with Gasteiger partial charge in [-0.1, -0.05) is 32.9 Å². The SMILES string of the molecule is CC(C)(C)c1ccc(OCC(=O)NCC(F)(F)CN)cc1.Cl. The lowest BCUT2D eigenvalue weighted by atomic mass is 9.87. The second-order valence-electron chi connectivity index (χ2n) is 5.90. The van der Waals surface area contributed by atoms with E-state index in [0.717, 1.165) is 5.56 Å². The van der Waals surface area contributed by atoms with Crippen LogP contribution in [0.4, 0.5) is 8.78 Å². The maximum absolute atomic E-state index is 12.9. The molecule has 1 aromatic rings. The van der Waals surface area contributed by atoms with Crippen molar-refractivity contribution >= 4 is 18.3 Å². The zero-order chi connectivity index (χ0) is 16.1. The number of nitrogens with two attached hydrogens (primary N) is 1. The van der Waals surface area contributed by atoms with Gasteiger partial charge in [-0.05, 0) is 23.1 Å². The van der Waals surface area contributed by atoms with Gasteiger partial charge >= 0.3 is 0 Å². The van der Waals surface area contributed by atoms with Gasteiger partial charge in [-0.3, -0.25) is 4.79 Å². The molecule has 4 nitrogen and oxygen atoms in total. The Morgan fingerprint density at radius 1 is 1.23 bits per heavy atom. The number of ether oxygens (including phenoxy) is 1. The molecule has 0 spiro atoms. The van der Waals surface area contributed by atoms with Crippen molar-refractivity contribution < 1.29 is 18.3 Å². The standard InChI is InChI=1S/C15H22F2N2O2.ClH/c1-14(2,3)11-4-6-12(7-5-11)21-8-13(20)19-10-15(16,17)9-18;/h4-7H,8-10,18H2,1-3H3,(H,19,20);1H. The van der Waals surface area contributed by atoms with Crippen molar-refractivity contribution in [1.29, 1.82) is 0 Å². The molecule has 0 aliphatic carbocycles. The van der Waals surface area contributed by atoms with Gasteiger partial charge < -0.3 is 15.8 Å². The summed E-state index contributed by atoms with van der Waals surface area (Å²) in [5, 5.41) is 2.09. The molecule has 7 heteroatoms. The monoisotopic (exact) mass is 336 g/mol. The van der Waals surface area contributed by atoms with E-state index in [-0.39, 0.29) is 24.4 Å². The molecule has 1 aromatic carbocycles. The summed E-state index contributed by atoms with van der Waals surface area (Å²) in [6.45, 7) is 4.38. The van der Waals surface area contributed by atoms with Crippen molar-refractivity contribution in [3.63, 3.8) is 0 Å². The second-order valence-corrected chi connectivity index (χ2v) is 5.90. The molecule has 0 aliphatic heterocycles. The number of halogens is 3. The fourth-order valence-electron chi connectivity index (χ4n) is 1.55. The third-order valence-corrected chi connectivity index (χ3v) is 2.93. The first kappa shape index (κ1) is 20.6. The van der Waals surface area contributed by atoms with Crippen LogP contribution in [0, 0.1) is 0 Å². The topological polar surface area (TPSA) is 64.3 Å². The largest absolute Gasteiger partial charge is 0.484 e. The molecule has 126 valence electrons. The number of hydrogen-bond acceptors (Lipinski definition) is 3. The minimum absolute atomic E-state index is 0. The molecule has 3 N–H and O–H groups in total. The van der Waals surface area contributed by atoms with Crippen LogP contribution in [0.5, 0.6) is 5.75 Å². The summed E-state index contributed by atoms with van der Waals surface area (Å²) in [5.74, 6) is -3.18. The lowest BCUT2D eigenvalue weighted by Crippen LogP contribution is -2.43. The molecule has 0 fully saturated rings. The van der Waals surface area contributed by atoms with E-state index in [2.05, 4.69) is 26.1 Å². The number of alkyl halides is 2. The molecular formula is C15H23ClF2N2O2. The Labute approximate surface area is 135 Å². The fraction of sp³-hybridized carbons (Fsp3) is 0.533. The third-order valence-electron chi connectivity index (χ3n) is 2.93. The van der Waals surface area contributed by atoms with E-state index in [4.69, 9.17) is 10.5 Å². The Hall–Kier alpha value is -1.40. The summed E-state index contributed by atoms with van der Waals surface area (Å²) in [5.41, 5.74) is 6.05. The number of carbonyl (C=O) groups is 1. The molecule has 0 aromatic heterocycles. The molecule has 0 heterocycles. The molecule has 1 rings (SSSR count). The minimum atomic E-state index is -3.09. The van der Waals surface area contributed by atoms with Gasteiger partial charge in [0.05, 0.1) is 13.1 Å². The number of rotatable bonds is 6. The molecule has 0 atom stereocenters. The molecular weight excluding hydrogens is 314 g/mol. The summed E-state index contributed by atoms with van der Waals surface area (Å²) in [7, 11) is 0. The van der Waals surface area contributed by atoms with Crippen LogP contribution in [0.2, 0.25) is 0 Å². The Kier molecular flexibility index (Phi) is 7.76. The number of carbonyl (C=O) groups excluding carboxylic acids is 1. The van der Waals surface area contributed by atoms with Crippen molar-refractivity contribution in [3.8, 4) is 5.75 Å². The number of hydrogen-bond donors (Lipinski definition) is 2. The smallest absolute Gasteiger partial charge is 0.277 e. The Bertz CT molecular complexity index is 473. The van der Waals surface area contributed by atoms with Crippen molar-refractivity contribution in [3.05, 3.63) is 29.8 Å². The van der Waals surface area contributed by atoms with Crippen LogP contribution in [0.25, 0.3) is 0 Å². The van der Waals surface area contributed by atoms with E-state index in [1.54, 1.807) is 12.1 Å². The van der Waals surface area contributed by atoms with Gasteiger partial charge in [-0.15, -0.1) is 12.4 Å². The Morgan fingerprint density at radius 2 is 1.77 bits per heavy atom. The summed E-state index contributed by atoms with van der Waals surface area (Å²) in [6, 6.07) is 7.33. The first-order valence-corrected chi connectivity index (χ1v) is 6.72. The molecule has 0 aliphatic rings. The third kappa shape index (κ3) is 7.04. The number of amides is 1. The van der Waals surface area contributed by atoms with Crippen LogP contribution >= 0.6 is 12.4 Å². The van der Waals surface area contributed by atoms with Crippen LogP contribution < -0.4 is 15.8 Å². The normalized spacial score (nSPS) is 11.5. The van der Waals surface area contributed by atoms with Crippen LogP contribution in [0.15, 0.2) is 24.3 Å². The Morgan fingerprint density at radius 3 is 2.23 bits per heavy atom. The van der Waals surface area contributed by atoms with E-state index in [9.17, 15) is 13.6 Å². The molecule has 0 saturated carbocycles. The highest BCUT2D eigenvalue weighted by molar-refractivity contribution is 5.85. The second kappa shape index (κ2) is 8.29. The van der Waals surface area contributed by atoms with Crippen molar-refractivity contribution in [2.45, 2.75) is 32.1 Å². The predicted octanol–water partition coefficient (Wildman–Crippen LogP) is 2.49. The van der Waals surface area contributed by atoms with Gasteiger partial charge in [-0.25, -0.2) is 8.78 Å². The van der Waals surface area contributed by atoms with Crippen molar-refractivity contribution in [1.82, 2.24) is 5.32 Å².